The standard InChI is InChI=1S/C23H25N3O4S/c1-6-11-24-23-26(25-14-16-7-9-21(29-4)22(12-16)30-5)19(15-31-23)18-13-17(27-2)8-10-20(18)28-3/h6-10,12-15H,1,11H2,2-5H3. The largest absolute Gasteiger partial charge is 0.497 e. The molecule has 0 radical (unpaired) electrons. The Kier molecular flexibility index (Phi) is 7.50. The number of nitrogens with zero attached hydrogens (tertiary/aromatic N) is 3. The minimum absolute atomic E-state index is 0.487. The van der Waals surface area contributed by atoms with E-state index in [9.17, 15) is 0 Å². The van der Waals surface area contributed by atoms with Crippen molar-refractivity contribution in [2.45, 2.75) is 0 Å². The first kappa shape index (κ1) is 22.2. The smallest absolute Gasteiger partial charge is 0.206 e. The van der Waals surface area contributed by atoms with Crippen molar-refractivity contribution in [3.05, 3.63) is 64.8 Å². The number of benzene rings is 2. The van der Waals surface area contributed by atoms with E-state index in [-0.39, 0.29) is 0 Å². The highest BCUT2D eigenvalue weighted by molar-refractivity contribution is 7.07. The van der Waals surface area contributed by atoms with Crippen molar-refractivity contribution < 1.29 is 18.9 Å². The molecule has 3 rings (SSSR count). The number of methoxy groups -OCH3 is 4. The van der Waals surface area contributed by atoms with Gasteiger partial charge in [-0.25, -0.2) is 4.68 Å². The Balaban J connectivity index is 2.13. The molecular formula is C23H25N3O4S. The number of thiazole rings is 1. The maximum Gasteiger partial charge on any atom is 0.206 e. The van der Waals surface area contributed by atoms with E-state index >= 15 is 0 Å². The normalized spacial score (nSPS) is 11.5. The van der Waals surface area contributed by atoms with Crippen molar-refractivity contribution in [2.24, 2.45) is 10.1 Å². The van der Waals surface area contributed by atoms with Crippen LogP contribution in [0.5, 0.6) is 23.0 Å². The van der Waals surface area contributed by atoms with Gasteiger partial charge in [0.05, 0.1) is 46.9 Å². The third kappa shape index (κ3) is 4.97. The van der Waals surface area contributed by atoms with E-state index in [2.05, 4.69) is 11.6 Å². The van der Waals surface area contributed by atoms with Crippen LogP contribution in [0.4, 0.5) is 0 Å². The molecule has 0 atom stereocenters. The van der Waals surface area contributed by atoms with Crippen molar-refractivity contribution in [2.75, 3.05) is 35.0 Å². The molecule has 0 saturated carbocycles. The van der Waals surface area contributed by atoms with E-state index in [1.807, 2.05) is 41.8 Å². The van der Waals surface area contributed by atoms with Crippen molar-refractivity contribution in [3.63, 3.8) is 0 Å². The summed E-state index contributed by atoms with van der Waals surface area (Å²) in [5.74, 6) is 2.73. The maximum atomic E-state index is 5.57. The Morgan fingerprint density at radius 2 is 1.68 bits per heavy atom. The third-order valence-corrected chi connectivity index (χ3v) is 5.31. The van der Waals surface area contributed by atoms with E-state index in [0.717, 1.165) is 27.4 Å². The number of rotatable bonds is 9. The average Bonchev–Trinajstić information content (AvgIpc) is 3.22. The number of hydrogen-bond acceptors (Lipinski definition) is 7. The second-order valence-corrected chi connectivity index (χ2v) is 7.11. The fourth-order valence-electron chi connectivity index (χ4n) is 2.92. The SMILES string of the molecule is C=CCN=c1scc(-c2cc(OC)ccc2OC)n1N=Cc1ccc(OC)c(OC)c1. The molecule has 0 amide bonds. The first-order chi connectivity index (χ1) is 15.1. The van der Waals surface area contributed by atoms with Crippen LogP contribution < -0.4 is 23.7 Å². The van der Waals surface area contributed by atoms with Gasteiger partial charge in [0.2, 0.25) is 4.80 Å². The molecule has 0 aliphatic rings. The summed E-state index contributed by atoms with van der Waals surface area (Å²) in [4.78, 5) is 5.31. The fourth-order valence-corrected chi connectivity index (χ4v) is 3.76. The van der Waals surface area contributed by atoms with Crippen LogP contribution in [0.25, 0.3) is 11.3 Å². The summed E-state index contributed by atoms with van der Waals surface area (Å²) in [5.41, 5.74) is 2.54. The lowest BCUT2D eigenvalue weighted by Crippen LogP contribution is -2.12. The molecule has 31 heavy (non-hydrogen) atoms. The van der Waals surface area contributed by atoms with Gasteiger partial charge in [-0.1, -0.05) is 6.08 Å². The van der Waals surface area contributed by atoms with Crippen LogP contribution in [0.1, 0.15) is 5.56 Å². The summed E-state index contributed by atoms with van der Waals surface area (Å²) >= 11 is 1.49. The summed E-state index contributed by atoms with van der Waals surface area (Å²) in [6.45, 7) is 4.24. The topological polar surface area (TPSA) is 66.6 Å². The van der Waals surface area contributed by atoms with Crippen LogP contribution in [0.2, 0.25) is 0 Å². The van der Waals surface area contributed by atoms with Gasteiger partial charge in [-0.15, -0.1) is 17.9 Å². The van der Waals surface area contributed by atoms with Crippen LogP contribution in [0.3, 0.4) is 0 Å². The first-order valence-electron chi connectivity index (χ1n) is 9.45. The Hall–Kier alpha value is -3.52. The van der Waals surface area contributed by atoms with E-state index in [0.29, 0.717) is 23.8 Å². The van der Waals surface area contributed by atoms with E-state index in [1.165, 1.54) is 11.3 Å². The highest BCUT2D eigenvalue weighted by Gasteiger charge is 2.14. The molecule has 1 heterocycles. The van der Waals surface area contributed by atoms with Crippen molar-refractivity contribution in [1.29, 1.82) is 0 Å². The Bertz CT molecular complexity index is 1150. The van der Waals surface area contributed by atoms with Crippen molar-refractivity contribution in [1.82, 2.24) is 4.68 Å². The Morgan fingerprint density at radius 1 is 0.935 bits per heavy atom. The Labute approximate surface area is 185 Å². The van der Waals surface area contributed by atoms with E-state index in [1.54, 1.807) is 45.4 Å². The molecule has 162 valence electrons. The monoisotopic (exact) mass is 439 g/mol. The fraction of sp³-hybridized carbons (Fsp3) is 0.217. The van der Waals surface area contributed by atoms with Gasteiger partial charge in [-0.3, -0.25) is 4.99 Å². The predicted molar refractivity (Wildman–Crippen MR) is 124 cm³/mol. The zero-order chi connectivity index (χ0) is 22.2. The van der Waals surface area contributed by atoms with Gasteiger partial charge in [0, 0.05) is 10.9 Å². The highest BCUT2D eigenvalue weighted by atomic mass is 32.1. The molecule has 0 saturated heterocycles. The molecule has 0 N–H and O–H groups in total. The summed E-state index contributed by atoms with van der Waals surface area (Å²) < 4.78 is 23.4. The van der Waals surface area contributed by atoms with E-state index in [4.69, 9.17) is 24.0 Å². The number of ether oxygens (including phenoxy) is 4. The van der Waals surface area contributed by atoms with Gasteiger partial charge in [-0.05, 0) is 42.0 Å². The minimum atomic E-state index is 0.487. The molecule has 1 aromatic heterocycles. The molecule has 0 bridgehead atoms. The molecule has 3 aromatic rings. The van der Waals surface area contributed by atoms with Crippen LogP contribution >= 0.6 is 11.3 Å². The van der Waals surface area contributed by atoms with Gasteiger partial charge < -0.3 is 18.9 Å². The first-order valence-corrected chi connectivity index (χ1v) is 10.3. The molecule has 8 heteroatoms. The molecule has 0 aliphatic heterocycles. The van der Waals surface area contributed by atoms with Gasteiger partial charge in [-0.2, -0.15) is 5.10 Å². The average molecular weight is 440 g/mol. The van der Waals surface area contributed by atoms with Crippen LogP contribution in [-0.4, -0.2) is 45.9 Å². The number of hydrogen-bond donors (Lipinski definition) is 0. The van der Waals surface area contributed by atoms with Crippen molar-refractivity contribution >= 4 is 17.6 Å². The number of aromatic nitrogens is 1. The lowest BCUT2D eigenvalue weighted by Gasteiger charge is -2.11. The Morgan fingerprint density at radius 3 is 2.35 bits per heavy atom. The molecule has 0 fully saturated rings. The second kappa shape index (κ2) is 10.5. The third-order valence-electron chi connectivity index (χ3n) is 4.45. The van der Waals surface area contributed by atoms with Gasteiger partial charge in [0.25, 0.3) is 0 Å². The predicted octanol–water partition coefficient (Wildman–Crippen LogP) is 4.22. The van der Waals surface area contributed by atoms with Crippen molar-refractivity contribution in [3.8, 4) is 34.3 Å². The summed E-state index contributed by atoms with van der Waals surface area (Å²) in [6.07, 6.45) is 3.49. The molecule has 0 aliphatic carbocycles. The van der Waals surface area contributed by atoms with Crippen LogP contribution in [0, 0.1) is 0 Å². The summed E-state index contributed by atoms with van der Waals surface area (Å²) in [7, 11) is 6.48. The van der Waals surface area contributed by atoms with E-state index < -0.39 is 0 Å². The lowest BCUT2D eigenvalue weighted by molar-refractivity contribution is 0.355. The molecular weight excluding hydrogens is 414 g/mol. The quantitative estimate of drug-likeness (QED) is 0.370. The zero-order valence-corrected chi connectivity index (χ0v) is 18.8. The molecule has 0 unspecified atom stereocenters. The van der Waals surface area contributed by atoms with Gasteiger partial charge in [0.1, 0.15) is 11.5 Å². The maximum absolute atomic E-state index is 5.57. The zero-order valence-electron chi connectivity index (χ0n) is 18.0. The lowest BCUT2D eigenvalue weighted by atomic mass is 10.1. The minimum Gasteiger partial charge on any atom is -0.497 e. The summed E-state index contributed by atoms with van der Waals surface area (Å²) in [6, 6.07) is 11.3. The van der Waals surface area contributed by atoms with Crippen LogP contribution in [0.15, 0.2) is 64.5 Å². The summed E-state index contributed by atoms with van der Waals surface area (Å²) in [5, 5.41) is 6.70. The van der Waals surface area contributed by atoms with Gasteiger partial charge >= 0.3 is 0 Å². The second-order valence-electron chi connectivity index (χ2n) is 6.27. The highest BCUT2D eigenvalue weighted by Crippen LogP contribution is 2.34. The van der Waals surface area contributed by atoms with Crippen LogP contribution in [-0.2, 0) is 0 Å². The molecule has 2 aromatic carbocycles. The van der Waals surface area contributed by atoms with Gasteiger partial charge in [0.15, 0.2) is 11.5 Å². The molecule has 7 nitrogen and oxygen atoms in total. The molecule has 0 spiro atoms.